The number of nitriles is 2. The van der Waals surface area contributed by atoms with Crippen molar-refractivity contribution in [1.29, 1.82) is 10.5 Å². The molecule has 0 heterocycles. The van der Waals surface area contributed by atoms with E-state index in [0.717, 1.165) is 61.1 Å². The predicted octanol–water partition coefficient (Wildman–Crippen LogP) is 12.6. The van der Waals surface area contributed by atoms with Crippen molar-refractivity contribution < 1.29 is 50.9 Å². The maximum absolute atomic E-state index is 14.4. The Hall–Kier alpha value is -7.38. The van der Waals surface area contributed by atoms with Gasteiger partial charge in [-0.2, -0.15) is 10.5 Å². The molecule has 0 amide bonds. The van der Waals surface area contributed by atoms with Gasteiger partial charge in [-0.25, -0.2) is 26.3 Å². The van der Waals surface area contributed by atoms with E-state index >= 15 is 0 Å². The molecule has 324 valence electrons. The Morgan fingerprint density at radius 3 is 1.35 bits per heavy atom. The minimum absolute atomic E-state index is 0.142. The van der Waals surface area contributed by atoms with E-state index in [1.807, 2.05) is 12.1 Å². The molecule has 6 aromatic rings. The zero-order valence-electron chi connectivity index (χ0n) is 33.9. The monoisotopic (exact) mass is 864 g/mol. The van der Waals surface area contributed by atoms with Gasteiger partial charge >= 0.3 is 11.9 Å². The smallest absolute Gasteiger partial charge is 0.311 e. The molecule has 6 aromatic carbocycles. The lowest BCUT2D eigenvalue weighted by molar-refractivity contribution is -0.137. The van der Waals surface area contributed by atoms with Crippen LogP contribution in [0, 0.1) is 57.6 Å². The lowest BCUT2D eigenvalue weighted by Crippen LogP contribution is -2.07. The first-order valence-electron chi connectivity index (χ1n) is 19.9. The highest BCUT2D eigenvalue weighted by Crippen LogP contribution is 2.27. The van der Waals surface area contributed by atoms with Gasteiger partial charge in [-0.15, -0.1) is 0 Å². The number of carboxylic acid groups (broad SMARTS) is 1. The summed E-state index contributed by atoms with van der Waals surface area (Å²) >= 11 is 0. The Kier molecular flexibility index (Phi) is 19.0. The van der Waals surface area contributed by atoms with Crippen LogP contribution in [0.25, 0.3) is 22.3 Å². The highest BCUT2D eigenvalue weighted by molar-refractivity contribution is 5.72. The maximum atomic E-state index is 14.4. The summed E-state index contributed by atoms with van der Waals surface area (Å²) in [6.07, 6.45) is 6.02. The van der Waals surface area contributed by atoms with Crippen molar-refractivity contribution in [2.75, 3.05) is 0 Å². The topological polar surface area (TPSA) is 131 Å². The van der Waals surface area contributed by atoms with Gasteiger partial charge in [-0.1, -0.05) is 49.2 Å². The van der Waals surface area contributed by atoms with Crippen LogP contribution in [-0.4, -0.2) is 22.2 Å². The molecule has 0 unspecified atom stereocenters. The number of benzene rings is 6. The third-order valence-corrected chi connectivity index (χ3v) is 9.44. The molecule has 0 spiro atoms. The number of phenolic OH excluding ortho intramolecular Hbond substituents is 1. The quantitative estimate of drug-likeness (QED) is 0.0455. The average Bonchev–Trinajstić information content (AvgIpc) is 3.26. The van der Waals surface area contributed by atoms with Crippen LogP contribution in [0.2, 0.25) is 0 Å². The number of carbonyl (C=O) groups excluding carboxylic acids is 1. The van der Waals surface area contributed by atoms with Crippen LogP contribution in [0.4, 0.5) is 26.3 Å². The van der Waals surface area contributed by atoms with Crippen molar-refractivity contribution in [1.82, 2.24) is 0 Å². The number of carboxylic acids is 1. The van der Waals surface area contributed by atoms with Crippen molar-refractivity contribution in [3.05, 3.63) is 178 Å². The number of esters is 1. The Morgan fingerprint density at radius 1 is 0.492 bits per heavy atom. The number of aromatic hydroxyl groups is 1. The summed E-state index contributed by atoms with van der Waals surface area (Å²) in [5, 5.41) is 34.3. The summed E-state index contributed by atoms with van der Waals surface area (Å²) < 4.78 is 86.4. The van der Waals surface area contributed by atoms with Gasteiger partial charge in [0.05, 0.1) is 23.3 Å². The van der Waals surface area contributed by atoms with Gasteiger partial charge < -0.3 is 14.9 Å². The van der Waals surface area contributed by atoms with Gasteiger partial charge in [-0.3, -0.25) is 9.59 Å². The molecule has 0 aliphatic heterocycles. The molecule has 6 rings (SSSR count). The number of nitrogens with zero attached hydrogens (tertiary/aromatic N) is 2. The number of unbranched alkanes of at least 4 members (excludes halogenated alkanes) is 4. The number of aryl methyl sites for hydroxylation is 2. The third kappa shape index (κ3) is 16.2. The first-order chi connectivity index (χ1) is 30.3. The summed E-state index contributed by atoms with van der Waals surface area (Å²) in [6, 6.07) is 32.3. The van der Waals surface area contributed by atoms with Gasteiger partial charge in [-0.05, 0) is 146 Å². The van der Waals surface area contributed by atoms with Crippen LogP contribution in [0.5, 0.6) is 11.5 Å². The fourth-order valence-electron chi connectivity index (χ4n) is 6.10. The van der Waals surface area contributed by atoms with E-state index < -0.39 is 40.9 Å². The summed E-state index contributed by atoms with van der Waals surface area (Å²) in [6.45, 7) is 0. The lowest BCUT2D eigenvalue weighted by atomic mass is 10.00. The van der Waals surface area contributed by atoms with E-state index in [4.69, 9.17) is 25.5 Å². The molecule has 0 aliphatic rings. The van der Waals surface area contributed by atoms with Crippen molar-refractivity contribution >= 4 is 11.9 Å². The zero-order chi connectivity index (χ0) is 45.7. The second kappa shape index (κ2) is 24.8. The van der Waals surface area contributed by atoms with Crippen LogP contribution in [0.15, 0.2) is 121 Å². The van der Waals surface area contributed by atoms with E-state index in [-0.39, 0.29) is 46.8 Å². The van der Waals surface area contributed by atoms with Gasteiger partial charge in [0.25, 0.3) is 0 Å². The van der Waals surface area contributed by atoms with Crippen LogP contribution < -0.4 is 4.74 Å². The molecule has 7 nitrogen and oxygen atoms in total. The number of aliphatic carboxylic acids is 1. The zero-order valence-corrected chi connectivity index (χ0v) is 33.9. The highest BCUT2D eigenvalue weighted by Gasteiger charge is 2.12. The molecule has 0 bridgehead atoms. The molecular formula is C50H42F6N2O5. The molecule has 0 saturated carbocycles. The Labute approximate surface area is 361 Å². The number of hydrogen-bond acceptors (Lipinski definition) is 6. The third-order valence-electron chi connectivity index (χ3n) is 9.44. The first kappa shape index (κ1) is 48.3. The first-order valence-corrected chi connectivity index (χ1v) is 19.9. The second-order valence-corrected chi connectivity index (χ2v) is 14.2. The van der Waals surface area contributed by atoms with E-state index in [9.17, 15) is 35.9 Å². The van der Waals surface area contributed by atoms with Crippen molar-refractivity contribution in [2.24, 2.45) is 0 Å². The molecule has 0 atom stereocenters. The fourth-order valence-corrected chi connectivity index (χ4v) is 6.10. The van der Waals surface area contributed by atoms with Gasteiger partial charge in [0.1, 0.15) is 23.1 Å². The summed E-state index contributed by atoms with van der Waals surface area (Å²) in [7, 11) is 0. The van der Waals surface area contributed by atoms with Crippen molar-refractivity contribution in [3.8, 4) is 45.9 Å². The maximum Gasteiger partial charge on any atom is 0.311 e. The predicted molar refractivity (Wildman–Crippen MR) is 225 cm³/mol. The second-order valence-electron chi connectivity index (χ2n) is 14.2. The number of carbonyl (C=O) groups is 2. The van der Waals surface area contributed by atoms with Crippen LogP contribution in [0.3, 0.4) is 0 Å². The van der Waals surface area contributed by atoms with E-state index in [1.165, 1.54) is 36.4 Å². The largest absolute Gasteiger partial charge is 0.508 e. The number of ether oxygens (including phenoxy) is 1. The van der Waals surface area contributed by atoms with Crippen LogP contribution >= 0.6 is 0 Å². The minimum Gasteiger partial charge on any atom is -0.508 e. The molecule has 0 radical (unpaired) electrons. The van der Waals surface area contributed by atoms with Crippen molar-refractivity contribution in [3.63, 3.8) is 0 Å². The minimum atomic E-state index is -1.02. The normalized spacial score (nSPS) is 10.3. The summed E-state index contributed by atoms with van der Waals surface area (Å²) in [5.41, 5.74) is 3.65. The Bertz CT molecular complexity index is 2550. The van der Waals surface area contributed by atoms with Gasteiger partial charge in [0, 0.05) is 24.0 Å². The van der Waals surface area contributed by atoms with Gasteiger partial charge in [0.2, 0.25) is 0 Å². The molecule has 0 saturated heterocycles. The van der Waals surface area contributed by atoms with E-state index in [0.29, 0.717) is 42.6 Å². The standard InChI is InChI=1S/C25H20F3NO2.C18H17F3O2.C7H5NO/c26-22-13-9-19(15-24(22)28)21-12-8-17(14-23(21)27)4-2-1-3-5-25(30)31-20-10-6-18(16-29)7-11-20;19-15-9-7-13(11-17(15)21)14-8-6-12(10-16(14)20)4-2-1-3-5-18(22)23;8-5-6-1-3-7(9)4-2-6/h6-15H,1-5H2;6-11H,1-5H2,(H,22,23);1-4,9H. The number of rotatable bonds is 15. The average molecular weight is 865 g/mol. The highest BCUT2D eigenvalue weighted by atomic mass is 19.2. The summed E-state index contributed by atoms with van der Waals surface area (Å²) in [5.74, 6) is -5.50. The molecular weight excluding hydrogens is 823 g/mol. The molecule has 0 fully saturated rings. The fraction of sp³-hybridized carbons (Fsp3) is 0.200. The molecule has 0 aromatic heterocycles. The Morgan fingerprint density at radius 2 is 0.937 bits per heavy atom. The lowest BCUT2D eigenvalue weighted by Gasteiger charge is -2.08. The van der Waals surface area contributed by atoms with Crippen LogP contribution in [-0.2, 0) is 22.4 Å². The SMILES string of the molecule is N#Cc1ccc(O)cc1.N#Cc1ccc(OC(=O)CCCCCc2ccc(-c3ccc(F)c(F)c3)c(F)c2)cc1.O=C(O)CCCCCc1ccc(-c2ccc(F)c(F)c2)c(F)c1. The molecule has 13 heteroatoms. The number of halogens is 6. The molecule has 0 aliphatic carbocycles. The summed E-state index contributed by atoms with van der Waals surface area (Å²) in [4.78, 5) is 22.3. The number of hydrogen-bond donors (Lipinski definition) is 2. The van der Waals surface area contributed by atoms with E-state index in [1.54, 1.807) is 60.7 Å². The molecule has 2 N–H and O–H groups in total. The van der Waals surface area contributed by atoms with E-state index in [2.05, 4.69) is 0 Å². The van der Waals surface area contributed by atoms with Crippen molar-refractivity contribution in [2.45, 2.75) is 64.2 Å². The Balaban J connectivity index is 0.000000237. The number of phenols is 1. The molecule has 63 heavy (non-hydrogen) atoms. The van der Waals surface area contributed by atoms with Gasteiger partial charge in [0.15, 0.2) is 23.3 Å². The van der Waals surface area contributed by atoms with Crippen LogP contribution in [0.1, 0.15) is 73.6 Å².